The Morgan fingerprint density at radius 3 is 2.04 bits per heavy atom. The molecule has 23 heavy (non-hydrogen) atoms. The Labute approximate surface area is 128 Å². The van der Waals surface area contributed by atoms with Gasteiger partial charge in [0.05, 0.1) is 16.8 Å². The minimum atomic E-state index is -4.51. The number of phenols is 1. The fraction of sp³-hybridized carbons (Fsp3) is 0.0667. The number of aromatic carboxylic acids is 1. The average Bonchev–Trinajstić information content (AvgIpc) is 2.48. The molecule has 0 heterocycles. The fourth-order valence-electron chi connectivity index (χ4n) is 1.77. The van der Waals surface area contributed by atoms with Gasteiger partial charge in [-0.1, -0.05) is 0 Å². The lowest BCUT2D eigenvalue weighted by atomic mass is 10.1. The highest BCUT2D eigenvalue weighted by Gasteiger charge is 2.30. The predicted molar refractivity (Wildman–Crippen MR) is 74.5 cm³/mol. The molecule has 0 unspecified atom stereocenters. The van der Waals surface area contributed by atoms with Gasteiger partial charge in [-0.25, -0.2) is 4.79 Å². The number of carbonyl (C=O) groups is 2. The highest BCUT2D eigenvalue weighted by atomic mass is 19.4. The number of alkyl halides is 3. The first-order chi connectivity index (χ1) is 10.7. The molecule has 0 aliphatic heterocycles. The Morgan fingerprint density at radius 1 is 0.957 bits per heavy atom. The smallest absolute Gasteiger partial charge is 0.416 e. The van der Waals surface area contributed by atoms with Crippen LogP contribution in [0.2, 0.25) is 0 Å². The monoisotopic (exact) mass is 325 g/mol. The topological polar surface area (TPSA) is 86.6 Å². The number of rotatable bonds is 3. The van der Waals surface area contributed by atoms with Gasteiger partial charge in [-0.3, -0.25) is 4.79 Å². The van der Waals surface area contributed by atoms with Crippen molar-refractivity contribution in [3.63, 3.8) is 0 Å². The first-order valence-corrected chi connectivity index (χ1v) is 6.23. The second kappa shape index (κ2) is 5.99. The Morgan fingerprint density at radius 2 is 1.52 bits per heavy atom. The number of aromatic hydroxyl groups is 1. The molecular weight excluding hydrogens is 315 g/mol. The number of phenolic OH excluding ortho intramolecular Hbond substituents is 1. The minimum Gasteiger partial charge on any atom is -0.506 e. The molecule has 5 nitrogen and oxygen atoms in total. The normalized spacial score (nSPS) is 11.1. The number of hydrogen-bond donors (Lipinski definition) is 3. The molecule has 0 aromatic heterocycles. The van der Waals surface area contributed by atoms with Crippen LogP contribution in [0, 0.1) is 0 Å². The first kappa shape index (κ1) is 16.3. The molecule has 0 atom stereocenters. The Kier molecular flexibility index (Phi) is 4.26. The average molecular weight is 325 g/mol. The number of carboxylic acids is 1. The van der Waals surface area contributed by atoms with E-state index in [1.54, 1.807) is 0 Å². The van der Waals surface area contributed by atoms with Gasteiger partial charge in [-0.2, -0.15) is 13.2 Å². The maximum atomic E-state index is 12.5. The van der Waals surface area contributed by atoms with Gasteiger partial charge in [-0.05, 0) is 42.5 Å². The lowest BCUT2D eigenvalue weighted by molar-refractivity contribution is -0.137. The molecule has 2 rings (SSSR count). The third kappa shape index (κ3) is 3.79. The van der Waals surface area contributed by atoms with E-state index in [2.05, 4.69) is 5.32 Å². The largest absolute Gasteiger partial charge is 0.506 e. The van der Waals surface area contributed by atoms with Crippen molar-refractivity contribution >= 4 is 17.6 Å². The van der Waals surface area contributed by atoms with E-state index in [4.69, 9.17) is 5.11 Å². The van der Waals surface area contributed by atoms with E-state index in [1.165, 1.54) is 0 Å². The van der Waals surface area contributed by atoms with Crippen LogP contribution in [-0.2, 0) is 6.18 Å². The highest BCUT2D eigenvalue weighted by Crippen LogP contribution is 2.29. The molecule has 0 saturated heterocycles. The molecule has 2 aromatic rings. The predicted octanol–water partition coefficient (Wildman–Crippen LogP) is 3.36. The standard InChI is InChI=1S/C15H10F3NO4/c16-15(17,18)10-4-1-8(2-5-10)13(21)19-11-7-9(14(22)23)3-6-12(11)20/h1-7,20H,(H,19,21)(H,22,23). The number of carboxylic acid groups (broad SMARTS) is 1. The van der Waals surface area contributed by atoms with Crippen LogP contribution in [0.5, 0.6) is 5.75 Å². The van der Waals surface area contributed by atoms with Gasteiger partial charge in [0.2, 0.25) is 0 Å². The maximum absolute atomic E-state index is 12.5. The molecule has 0 bridgehead atoms. The summed E-state index contributed by atoms with van der Waals surface area (Å²) in [6, 6.07) is 6.74. The Balaban J connectivity index is 2.22. The number of amides is 1. The summed E-state index contributed by atoms with van der Waals surface area (Å²) in [6.45, 7) is 0. The molecule has 0 fully saturated rings. The van der Waals surface area contributed by atoms with Crippen molar-refractivity contribution in [2.24, 2.45) is 0 Å². The van der Waals surface area contributed by atoms with Crippen LogP contribution in [0.15, 0.2) is 42.5 Å². The number of nitrogens with one attached hydrogen (secondary N) is 1. The van der Waals surface area contributed by atoms with Crippen LogP contribution in [0.3, 0.4) is 0 Å². The van der Waals surface area contributed by atoms with E-state index in [-0.39, 0.29) is 22.6 Å². The molecule has 0 spiro atoms. The van der Waals surface area contributed by atoms with Gasteiger partial charge in [-0.15, -0.1) is 0 Å². The number of hydrogen-bond acceptors (Lipinski definition) is 3. The van der Waals surface area contributed by atoms with Gasteiger partial charge < -0.3 is 15.5 Å². The van der Waals surface area contributed by atoms with Crippen LogP contribution < -0.4 is 5.32 Å². The molecule has 8 heteroatoms. The number of benzene rings is 2. The van der Waals surface area contributed by atoms with Crippen molar-refractivity contribution in [2.75, 3.05) is 5.32 Å². The first-order valence-electron chi connectivity index (χ1n) is 6.23. The summed E-state index contributed by atoms with van der Waals surface area (Å²) >= 11 is 0. The van der Waals surface area contributed by atoms with E-state index < -0.39 is 23.6 Å². The lowest BCUT2D eigenvalue weighted by Gasteiger charge is -2.10. The van der Waals surface area contributed by atoms with Gasteiger partial charge >= 0.3 is 12.1 Å². The van der Waals surface area contributed by atoms with Crippen LogP contribution in [0.1, 0.15) is 26.3 Å². The summed E-state index contributed by atoms with van der Waals surface area (Å²) in [4.78, 5) is 22.8. The van der Waals surface area contributed by atoms with Crippen LogP contribution in [-0.4, -0.2) is 22.1 Å². The van der Waals surface area contributed by atoms with E-state index in [1.807, 2.05) is 0 Å². The fourth-order valence-corrected chi connectivity index (χ4v) is 1.77. The summed E-state index contributed by atoms with van der Waals surface area (Å²) < 4.78 is 37.4. The SMILES string of the molecule is O=C(O)c1ccc(O)c(NC(=O)c2ccc(C(F)(F)F)cc2)c1. The van der Waals surface area contributed by atoms with E-state index in [0.29, 0.717) is 0 Å². The highest BCUT2D eigenvalue weighted by molar-refractivity contribution is 6.05. The third-order valence-electron chi connectivity index (χ3n) is 2.97. The molecule has 1 amide bonds. The summed E-state index contributed by atoms with van der Waals surface area (Å²) in [7, 11) is 0. The zero-order valence-electron chi connectivity index (χ0n) is 11.4. The zero-order valence-corrected chi connectivity index (χ0v) is 11.4. The van der Waals surface area contributed by atoms with Gasteiger partial charge in [0.15, 0.2) is 0 Å². The molecule has 120 valence electrons. The van der Waals surface area contributed by atoms with Crippen molar-refractivity contribution in [3.8, 4) is 5.75 Å². The lowest BCUT2D eigenvalue weighted by Crippen LogP contribution is -2.13. The number of halogens is 3. The molecule has 0 saturated carbocycles. The number of anilines is 1. The zero-order chi connectivity index (χ0) is 17.2. The van der Waals surface area contributed by atoms with Gasteiger partial charge in [0.25, 0.3) is 5.91 Å². The number of carbonyl (C=O) groups excluding carboxylic acids is 1. The van der Waals surface area contributed by atoms with Crippen molar-refractivity contribution in [1.29, 1.82) is 0 Å². The van der Waals surface area contributed by atoms with Crippen molar-refractivity contribution in [1.82, 2.24) is 0 Å². The summed E-state index contributed by atoms with van der Waals surface area (Å²) in [5.41, 5.74) is -1.29. The van der Waals surface area contributed by atoms with Crippen molar-refractivity contribution < 1.29 is 33.0 Å². The molecule has 3 N–H and O–H groups in total. The van der Waals surface area contributed by atoms with E-state index in [9.17, 15) is 27.9 Å². The maximum Gasteiger partial charge on any atom is 0.416 e. The van der Waals surface area contributed by atoms with Crippen molar-refractivity contribution in [2.45, 2.75) is 6.18 Å². The summed E-state index contributed by atoms with van der Waals surface area (Å²) in [6.07, 6.45) is -4.51. The van der Waals surface area contributed by atoms with Crippen LogP contribution in [0.4, 0.5) is 18.9 Å². The molecule has 0 radical (unpaired) electrons. The third-order valence-corrected chi connectivity index (χ3v) is 2.97. The summed E-state index contributed by atoms with van der Waals surface area (Å²) in [5.74, 6) is -2.40. The molecule has 0 aliphatic rings. The van der Waals surface area contributed by atoms with Crippen LogP contribution in [0.25, 0.3) is 0 Å². The van der Waals surface area contributed by atoms with E-state index in [0.717, 1.165) is 42.5 Å². The molecule has 0 aliphatic carbocycles. The quantitative estimate of drug-likeness (QED) is 0.755. The van der Waals surface area contributed by atoms with Gasteiger partial charge in [0.1, 0.15) is 5.75 Å². The second-order valence-electron chi connectivity index (χ2n) is 4.57. The van der Waals surface area contributed by atoms with Gasteiger partial charge in [0, 0.05) is 5.56 Å². The van der Waals surface area contributed by atoms with E-state index >= 15 is 0 Å². The summed E-state index contributed by atoms with van der Waals surface area (Å²) in [5, 5.41) is 20.7. The molecular formula is C15H10F3NO4. The van der Waals surface area contributed by atoms with Crippen LogP contribution >= 0.6 is 0 Å². The second-order valence-corrected chi connectivity index (χ2v) is 4.57. The minimum absolute atomic E-state index is 0.0712. The Bertz CT molecular complexity index is 754. The Hall–Kier alpha value is -3.03. The van der Waals surface area contributed by atoms with Crippen molar-refractivity contribution in [3.05, 3.63) is 59.2 Å². The molecule has 2 aromatic carbocycles.